The lowest BCUT2D eigenvalue weighted by Crippen LogP contribution is -2.43. The Balaban J connectivity index is 2.29. The van der Waals surface area contributed by atoms with Crippen molar-refractivity contribution >= 4 is 0 Å². The maximum Gasteiger partial charge on any atom is 0.131 e. The fraction of sp³-hybridized carbons (Fsp3) is 0.760. The van der Waals surface area contributed by atoms with E-state index in [1.807, 2.05) is 0 Å². The van der Waals surface area contributed by atoms with Crippen LogP contribution in [0.1, 0.15) is 84.5 Å². The average Bonchev–Trinajstić information content (AvgIpc) is 3.15. The van der Waals surface area contributed by atoms with Gasteiger partial charge in [-0.1, -0.05) is 69.9 Å². The van der Waals surface area contributed by atoms with Gasteiger partial charge in [0.25, 0.3) is 0 Å². The molecule has 1 saturated carbocycles. The molecule has 28 heavy (non-hydrogen) atoms. The van der Waals surface area contributed by atoms with Crippen LogP contribution in [0.3, 0.4) is 0 Å². The Labute approximate surface area is 173 Å². The molecular weight excluding hydrogens is 348 g/mol. The predicted molar refractivity (Wildman–Crippen MR) is 119 cm³/mol. The van der Waals surface area contributed by atoms with Gasteiger partial charge in [-0.2, -0.15) is 0 Å². The molecule has 3 N–H and O–H groups in total. The first kappa shape index (κ1) is 25.1. The molecule has 3 heteroatoms. The molecule has 0 aromatic heterocycles. The third-order valence-corrected chi connectivity index (χ3v) is 6.37. The summed E-state index contributed by atoms with van der Waals surface area (Å²) in [6.07, 6.45) is 22.1. The summed E-state index contributed by atoms with van der Waals surface area (Å²) in [5.41, 5.74) is -1.59. The Morgan fingerprint density at radius 2 is 1.86 bits per heavy atom. The van der Waals surface area contributed by atoms with Crippen molar-refractivity contribution in [2.45, 2.75) is 96.2 Å². The lowest BCUT2D eigenvalue weighted by atomic mass is 9.91. The number of hydrogen-bond acceptors (Lipinski definition) is 3. The SMILES string of the molecule is C=CC(O)(CO)C(O)CC/C=C\C[C@H]1CCC[C@@H]1/C=C/CCC(C)CCCC. The molecule has 1 aliphatic carbocycles. The molecule has 0 spiro atoms. The number of rotatable bonds is 15. The third kappa shape index (κ3) is 9.07. The fourth-order valence-electron chi connectivity index (χ4n) is 4.16. The van der Waals surface area contributed by atoms with Gasteiger partial charge in [0, 0.05) is 0 Å². The van der Waals surface area contributed by atoms with Gasteiger partial charge in [0.15, 0.2) is 0 Å². The van der Waals surface area contributed by atoms with E-state index in [0.717, 1.165) is 18.3 Å². The summed E-state index contributed by atoms with van der Waals surface area (Å²) in [6.45, 7) is 7.62. The molecule has 1 fully saturated rings. The minimum atomic E-state index is -1.59. The summed E-state index contributed by atoms with van der Waals surface area (Å²) >= 11 is 0. The zero-order valence-corrected chi connectivity index (χ0v) is 18.2. The minimum absolute atomic E-state index is 0.420. The highest BCUT2D eigenvalue weighted by Gasteiger charge is 2.30. The standard InChI is InChI=1S/C25H44O3/c1-4-6-13-21(3)14-10-11-16-23-18-12-17-22(23)15-8-7-9-19-24(27)25(28,5-2)20-26/h5,7-8,11,16,21-24,26-28H,2,4,6,9-10,12-15,17-20H2,1,3H3/b8-7-,16-11+/t21?,22-,23-,24?,25?/m0/s1. The van der Waals surface area contributed by atoms with Crippen LogP contribution in [0.4, 0.5) is 0 Å². The number of allylic oxidation sites excluding steroid dienone is 4. The molecule has 3 unspecified atom stereocenters. The number of hydrogen-bond donors (Lipinski definition) is 3. The highest BCUT2D eigenvalue weighted by Crippen LogP contribution is 2.35. The summed E-state index contributed by atoms with van der Waals surface area (Å²) < 4.78 is 0. The van der Waals surface area contributed by atoms with Gasteiger partial charge >= 0.3 is 0 Å². The topological polar surface area (TPSA) is 60.7 Å². The Hall–Kier alpha value is -0.900. The van der Waals surface area contributed by atoms with Gasteiger partial charge < -0.3 is 15.3 Å². The molecule has 5 atom stereocenters. The Morgan fingerprint density at radius 1 is 1.11 bits per heavy atom. The summed E-state index contributed by atoms with van der Waals surface area (Å²) in [6, 6.07) is 0. The van der Waals surface area contributed by atoms with Crippen LogP contribution >= 0.6 is 0 Å². The maximum atomic E-state index is 10.0. The summed E-state index contributed by atoms with van der Waals surface area (Å²) in [4.78, 5) is 0. The maximum absolute atomic E-state index is 10.0. The van der Waals surface area contributed by atoms with Crippen molar-refractivity contribution in [3.63, 3.8) is 0 Å². The minimum Gasteiger partial charge on any atom is -0.393 e. The highest BCUT2D eigenvalue weighted by molar-refractivity contribution is 5.02. The van der Waals surface area contributed by atoms with Crippen LogP contribution in [0, 0.1) is 17.8 Å². The molecule has 1 aliphatic rings. The smallest absolute Gasteiger partial charge is 0.131 e. The number of aliphatic hydroxyl groups is 3. The van der Waals surface area contributed by atoms with Crippen molar-refractivity contribution in [3.05, 3.63) is 37.0 Å². The van der Waals surface area contributed by atoms with E-state index in [-0.39, 0.29) is 0 Å². The molecule has 0 aromatic carbocycles. The van der Waals surface area contributed by atoms with Gasteiger partial charge in [0.1, 0.15) is 5.60 Å². The van der Waals surface area contributed by atoms with Gasteiger partial charge in [0.05, 0.1) is 12.7 Å². The number of unbranched alkanes of at least 4 members (excludes halogenated alkanes) is 1. The van der Waals surface area contributed by atoms with Crippen molar-refractivity contribution in [1.82, 2.24) is 0 Å². The summed E-state index contributed by atoms with van der Waals surface area (Å²) in [5.74, 6) is 2.28. The molecule has 1 rings (SSSR count). The normalized spacial score (nSPS) is 24.6. The molecule has 0 amide bonds. The average molecular weight is 393 g/mol. The molecule has 162 valence electrons. The lowest BCUT2D eigenvalue weighted by Gasteiger charge is -2.27. The molecule has 0 radical (unpaired) electrons. The Bertz CT molecular complexity index is 470. The van der Waals surface area contributed by atoms with E-state index >= 15 is 0 Å². The van der Waals surface area contributed by atoms with Crippen LogP contribution in [-0.2, 0) is 0 Å². The largest absolute Gasteiger partial charge is 0.393 e. The van der Waals surface area contributed by atoms with Crippen molar-refractivity contribution in [2.24, 2.45) is 17.8 Å². The summed E-state index contributed by atoms with van der Waals surface area (Å²) in [5, 5.41) is 29.2. The lowest BCUT2D eigenvalue weighted by molar-refractivity contribution is -0.0731. The van der Waals surface area contributed by atoms with Crippen LogP contribution < -0.4 is 0 Å². The van der Waals surface area contributed by atoms with Gasteiger partial charge in [-0.3, -0.25) is 0 Å². The van der Waals surface area contributed by atoms with Gasteiger partial charge in [0.2, 0.25) is 0 Å². The zero-order chi connectivity index (χ0) is 20.8. The molecular formula is C25H44O3. The quantitative estimate of drug-likeness (QED) is 0.320. The second kappa shape index (κ2) is 14.1. The Kier molecular flexibility index (Phi) is 12.7. The van der Waals surface area contributed by atoms with E-state index in [2.05, 4.69) is 44.7 Å². The Morgan fingerprint density at radius 3 is 2.54 bits per heavy atom. The molecule has 3 nitrogen and oxygen atoms in total. The first-order chi connectivity index (χ1) is 13.5. The molecule has 0 aromatic rings. The van der Waals surface area contributed by atoms with E-state index in [1.54, 1.807) is 0 Å². The van der Waals surface area contributed by atoms with Crippen molar-refractivity contribution in [3.8, 4) is 0 Å². The molecule has 0 aliphatic heterocycles. The van der Waals surface area contributed by atoms with E-state index < -0.39 is 18.3 Å². The first-order valence-corrected chi connectivity index (χ1v) is 11.4. The van der Waals surface area contributed by atoms with Crippen LogP contribution in [0.5, 0.6) is 0 Å². The third-order valence-electron chi connectivity index (χ3n) is 6.37. The van der Waals surface area contributed by atoms with Gasteiger partial charge in [-0.15, -0.1) is 6.58 Å². The fourth-order valence-corrected chi connectivity index (χ4v) is 4.16. The highest BCUT2D eigenvalue weighted by atomic mass is 16.4. The predicted octanol–water partition coefficient (Wildman–Crippen LogP) is 5.56. The molecule has 0 heterocycles. The first-order valence-electron chi connectivity index (χ1n) is 11.4. The molecule has 0 bridgehead atoms. The van der Waals surface area contributed by atoms with Crippen LogP contribution in [-0.4, -0.2) is 33.6 Å². The van der Waals surface area contributed by atoms with Crippen molar-refractivity contribution < 1.29 is 15.3 Å². The van der Waals surface area contributed by atoms with Crippen LogP contribution in [0.2, 0.25) is 0 Å². The summed E-state index contributed by atoms with van der Waals surface area (Å²) in [7, 11) is 0. The van der Waals surface area contributed by atoms with E-state index in [1.165, 1.54) is 57.4 Å². The second-order valence-electron chi connectivity index (χ2n) is 8.76. The monoisotopic (exact) mass is 392 g/mol. The number of aliphatic hydroxyl groups excluding tert-OH is 2. The van der Waals surface area contributed by atoms with Crippen LogP contribution in [0.25, 0.3) is 0 Å². The zero-order valence-electron chi connectivity index (χ0n) is 18.2. The van der Waals surface area contributed by atoms with Gasteiger partial charge in [-0.05, 0) is 62.7 Å². The molecule has 0 saturated heterocycles. The van der Waals surface area contributed by atoms with E-state index in [0.29, 0.717) is 18.8 Å². The van der Waals surface area contributed by atoms with Gasteiger partial charge in [-0.25, -0.2) is 0 Å². The van der Waals surface area contributed by atoms with E-state index in [4.69, 9.17) is 0 Å². The van der Waals surface area contributed by atoms with Crippen LogP contribution in [0.15, 0.2) is 37.0 Å². The van der Waals surface area contributed by atoms with E-state index in [9.17, 15) is 15.3 Å². The van der Waals surface area contributed by atoms with Crippen molar-refractivity contribution in [1.29, 1.82) is 0 Å². The van der Waals surface area contributed by atoms with Crippen molar-refractivity contribution in [2.75, 3.05) is 6.61 Å². The second-order valence-corrected chi connectivity index (χ2v) is 8.76.